The van der Waals surface area contributed by atoms with E-state index in [1.54, 1.807) is 39.8 Å². The van der Waals surface area contributed by atoms with Crippen LogP contribution in [0.2, 0.25) is 15.1 Å². The molecule has 1 amide bonds. The lowest BCUT2D eigenvalue weighted by atomic mass is 10.1. The molecular weight excluding hydrogens is 497 g/mol. The largest absolute Gasteiger partial charge is 0.471 e. The Kier molecular flexibility index (Phi) is 7.16. The molecule has 2 aromatic heterocycles. The lowest BCUT2D eigenvalue weighted by molar-refractivity contribution is 0.101. The van der Waals surface area contributed by atoms with Crippen molar-refractivity contribution in [3.8, 4) is 5.75 Å². The highest BCUT2D eigenvalue weighted by molar-refractivity contribution is 6.42. The van der Waals surface area contributed by atoms with Crippen LogP contribution in [0.4, 0.5) is 5.82 Å². The van der Waals surface area contributed by atoms with Gasteiger partial charge in [0.25, 0.3) is 5.91 Å². The molecular formula is C24H22Cl3N5O2. The Morgan fingerprint density at radius 1 is 0.971 bits per heavy atom. The molecule has 4 aromatic rings. The number of nitrogens with one attached hydrogen (secondary N) is 1. The highest BCUT2D eigenvalue weighted by atomic mass is 35.5. The fourth-order valence-electron chi connectivity index (χ4n) is 3.41. The Morgan fingerprint density at radius 3 is 2.41 bits per heavy atom. The highest BCUT2D eigenvalue weighted by Gasteiger charge is 2.14. The minimum absolute atomic E-state index is 0.158. The monoisotopic (exact) mass is 517 g/mol. The molecule has 0 bridgehead atoms. The number of hydrogen-bond donors (Lipinski definition) is 1. The molecule has 0 unspecified atom stereocenters. The van der Waals surface area contributed by atoms with Crippen molar-refractivity contribution in [2.24, 2.45) is 0 Å². The second-order valence-electron chi connectivity index (χ2n) is 7.92. The number of amides is 1. The lowest BCUT2D eigenvalue weighted by Gasteiger charge is -2.10. The third-order valence-corrected chi connectivity index (χ3v) is 6.52. The van der Waals surface area contributed by atoms with Gasteiger partial charge in [-0.15, -0.1) is 0 Å². The first-order valence-corrected chi connectivity index (χ1v) is 11.6. The van der Waals surface area contributed by atoms with Crippen molar-refractivity contribution in [1.82, 2.24) is 19.6 Å². The van der Waals surface area contributed by atoms with Crippen LogP contribution in [0.15, 0.2) is 48.7 Å². The summed E-state index contributed by atoms with van der Waals surface area (Å²) in [5.74, 6) is 0.750. The van der Waals surface area contributed by atoms with Gasteiger partial charge in [-0.05, 0) is 67.8 Å². The third kappa shape index (κ3) is 5.55. The van der Waals surface area contributed by atoms with E-state index in [0.717, 1.165) is 27.4 Å². The summed E-state index contributed by atoms with van der Waals surface area (Å²) < 4.78 is 9.11. The van der Waals surface area contributed by atoms with Gasteiger partial charge in [0.1, 0.15) is 5.75 Å². The molecule has 0 atom stereocenters. The predicted octanol–water partition coefficient (Wildman–Crippen LogP) is 6.30. The van der Waals surface area contributed by atoms with Gasteiger partial charge < -0.3 is 10.1 Å². The molecule has 2 heterocycles. The van der Waals surface area contributed by atoms with Crippen molar-refractivity contribution in [2.75, 3.05) is 5.32 Å². The van der Waals surface area contributed by atoms with Crippen molar-refractivity contribution in [2.45, 2.75) is 34.0 Å². The molecule has 0 radical (unpaired) electrons. The van der Waals surface area contributed by atoms with Gasteiger partial charge in [-0.3, -0.25) is 9.48 Å². The second-order valence-corrected chi connectivity index (χ2v) is 9.11. The van der Waals surface area contributed by atoms with E-state index in [9.17, 15) is 4.79 Å². The zero-order valence-corrected chi connectivity index (χ0v) is 21.0. The van der Waals surface area contributed by atoms with Crippen molar-refractivity contribution in [3.63, 3.8) is 0 Å². The normalized spacial score (nSPS) is 11.0. The molecule has 0 aliphatic rings. The Hall–Kier alpha value is -3.00. The number of aryl methyl sites for hydroxylation is 3. The van der Waals surface area contributed by atoms with E-state index >= 15 is 0 Å². The van der Waals surface area contributed by atoms with Crippen LogP contribution in [-0.4, -0.2) is 25.5 Å². The Bertz CT molecular complexity index is 1340. The maximum atomic E-state index is 12.7. The molecule has 0 saturated carbocycles. The maximum Gasteiger partial charge on any atom is 0.277 e. The van der Waals surface area contributed by atoms with Crippen molar-refractivity contribution in [1.29, 1.82) is 0 Å². The van der Waals surface area contributed by atoms with Gasteiger partial charge in [0.05, 0.1) is 16.6 Å². The number of benzene rings is 2. The number of carbonyl (C=O) groups excluding carboxylic acids is 1. The fraction of sp³-hybridized carbons (Fsp3) is 0.208. The summed E-state index contributed by atoms with van der Waals surface area (Å²) in [5.41, 5.74) is 3.96. The summed E-state index contributed by atoms with van der Waals surface area (Å²) in [7, 11) is 0. The number of carbonyl (C=O) groups is 1. The molecule has 1 N–H and O–H groups in total. The average molecular weight is 519 g/mol. The summed E-state index contributed by atoms with van der Waals surface area (Å²) in [4.78, 5) is 12.7. The van der Waals surface area contributed by atoms with Crippen LogP contribution in [-0.2, 0) is 13.3 Å². The SMILES string of the molecule is Cc1cc(OCn2ccc(C(=O)Nc3cc(C)n(Cc4ccc(Cl)c(Cl)c4)n3)n2)cc(C)c1Cl. The van der Waals surface area contributed by atoms with Gasteiger partial charge in [0, 0.05) is 23.0 Å². The molecule has 0 saturated heterocycles. The minimum atomic E-state index is -0.365. The first kappa shape index (κ1) is 24.1. The molecule has 0 aliphatic carbocycles. The highest BCUT2D eigenvalue weighted by Crippen LogP contribution is 2.26. The summed E-state index contributed by atoms with van der Waals surface area (Å²) in [5, 5.41) is 13.2. The van der Waals surface area contributed by atoms with Gasteiger partial charge in [0.2, 0.25) is 0 Å². The van der Waals surface area contributed by atoms with Gasteiger partial charge >= 0.3 is 0 Å². The second kappa shape index (κ2) is 10.1. The summed E-state index contributed by atoms with van der Waals surface area (Å²) in [6.45, 7) is 6.41. The van der Waals surface area contributed by atoms with E-state index in [2.05, 4.69) is 15.5 Å². The van der Waals surface area contributed by atoms with E-state index in [4.69, 9.17) is 39.5 Å². The number of ether oxygens (including phenoxy) is 1. The van der Waals surface area contributed by atoms with Gasteiger partial charge in [-0.2, -0.15) is 10.2 Å². The molecule has 7 nitrogen and oxygen atoms in total. The quantitative estimate of drug-likeness (QED) is 0.311. The van der Waals surface area contributed by atoms with Crippen molar-refractivity contribution >= 4 is 46.5 Å². The number of hydrogen-bond acceptors (Lipinski definition) is 4. The molecule has 176 valence electrons. The van der Waals surface area contributed by atoms with E-state index in [1.165, 1.54) is 0 Å². The van der Waals surface area contributed by atoms with E-state index < -0.39 is 0 Å². The van der Waals surface area contributed by atoms with Gasteiger partial charge in [-0.25, -0.2) is 4.68 Å². The first-order valence-electron chi connectivity index (χ1n) is 10.4. The maximum absolute atomic E-state index is 12.7. The summed E-state index contributed by atoms with van der Waals surface area (Å²) in [6, 6.07) is 12.6. The van der Waals surface area contributed by atoms with Gasteiger partial charge in [0.15, 0.2) is 18.2 Å². The molecule has 34 heavy (non-hydrogen) atoms. The average Bonchev–Trinajstić information content (AvgIpc) is 3.40. The van der Waals surface area contributed by atoms with Crippen LogP contribution in [0.3, 0.4) is 0 Å². The molecule has 0 aliphatic heterocycles. The van der Waals surface area contributed by atoms with Gasteiger partial charge in [-0.1, -0.05) is 40.9 Å². The van der Waals surface area contributed by atoms with Crippen LogP contribution in [0, 0.1) is 20.8 Å². The van der Waals surface area contributed by atoms with Crippen LogP contribution in [0.1, 0.15) is 32.9 Å². The number of anilines is 1. The Morgan fingerprint density at radius 2 is 1.71 bits per heavy atom. The zero-order valence-electron chi connectivity index (χ0n) is 18.8. The number of rotatable bonds is 7. The molecule has 0 fully saturated rings. The molecule has 10 heteroatoms. The zero-order chi connectivity index (χ0) is 24.4. The van der Waals surface area contributed by atoms with Crippen LogP contribution >= 0.6 is 34.8 Å². The van der Waals surface area contributed by atoms with E-state index in [-0.39, 0.29) is 18.3 Å². The Balaban J connectivity index is 1.38. The molecule has 2 aromatic carbocycles. The van der Waals surface area contributed by atoms with E-state index in [1.807, 2.05) is 39.0 Å². The predicted molar refractivity (Wildman–Crippen MR) is 134 cm³/mol. The van der Waals surface area contributed by atoms with Crippen LogP contribution in [0.25, 0.3) is 0 Å². The topological polar surface area (TPSA) is 74.0 Å². The lowest BCUT2D eigenvalue weighted by Crippen LogP contribution is -2.15. The fourth-order valence-corrected chi connectivity index (χ4v) is 3.84. The van der Waals surface area contributed by atoms with Crippen LogP contribution in [0.5, 0.6) is 5.75 Å². The molecule has 0 spiro atoms. The number of halogens is 3. The smallest absolute Gasteiger partial charge is 0.277 e. The number of nitrogens with zero attached hydrogens (tertiary/aromatic N) is 4. The Labute approximate surface area is 212 Å². The first-order chi connectivity index (χ1) is 16.2. The van der Waals surface area contributed by atoms with Crippen molar-refractivity contribution in [3.05, 3.63) is 91.8 Å². The summed E-state index contributed by atoms with van der Waals surface area (Å²) >= 11 is 18.3. The number of aromatic nitrogens is 4. The van der Waals surface area contributed by atoms with E-state index in [0.29, 0.717) is 28.2 Å². The van der Waals surface area contributed by atoms with Crippen molar-refractivity contribution < 1.29 is 9.53 Å². The standard InChI is InChI=1S/C24H22Cl3N5O2/c1-14-8-18(9-15(2)23(14)27)34-13-31-7-6-21(29-31)24(33)28-22-10-16(3)32(30-22)12-17-4-5-19(25)20(26)11-17/h4-11H,12-13H2,1-3H3,(H,28,30,33). The van der Waals surface area contributed by atoms with Crippen LogP contribution < -0.4 is 10.1 Å². The molecule has 4 rings (SSSR count). The third-order valence-electron chi connectivity index (χ3n) is 5.19. The summed E-state index contributed by atoms with van der Waals surface area (Å²) in [6.07, 6.45) is 1.68. The minimum Gasteiger partial charge on any atom is -0.471 e.